The van der Waals surface area contributed by atoms with Gasteiger partial charge in [0.2, 0.25) is 0 Å². The van der Waals surface area contributed by atoms with E-state index in [0.29, 0.717) is 23.7 Å². The lowest BCUT2D eigenvalue weighted by Crippen LogP contribution is -2.11. The van der Waals surface area contributed by atoms with Crippen molar-refractivity contribution in [1.29, 1.82) is 5.26 Å². The number of rotatable bonds is 8. The van der Waals surface area contributed by atoms with E-state index in [9.17, 15) is 4.21 Å². The molecule has 0 aliphatic rings. The van der Waals surface area contributed by atoms with Gasteiger partial charge in [0.15, 0.2) is 0 Å². The van der Waals surface area contributed by atoms with E-state index in [4.69, 9.17) is 10.00 Å². The van der Waals surface area contributed by atoms with Crippen LogP contribution < -0.4 is 4.74 Å². The lowest BCUT2D eigenvalue weighted by molar-refractivity contribution is 0.342. The number of hydrogen-bond acceptors (Lipinski definition) is 3. The average molecular weight is 265 g/mol. The highest BCUT2D eigenvalue weighted by Crippen LogP contribution is 2.12. The number of benzene rings is 1. The van der Waals surface area contributed by atoms with Crippen molar-refractivity contribution in [3.05, 3.63) is 29.8 Å². The number of hydrogen-bond donors (Lipinski definition) is 0. The summed E-state index contributed by atoms with van der Waals surface area (Å²) in [5.41, 5.74) is 0.580. The lowest BCUT2D eigenvalue weighted by Gasteiger charge is -2.06. The van der Waals surface area contributed by atoms with Gasteiger partial charge >= 0.3 is 0 Å². The molecule has 0 bridgehead atoms. The summed E-state index contributed by atoms with van der Waals surface area (Å²) in [6, 6.07) is 9.08. The van der Waals surface area contributed by atoms with Crippen LogP contribution in [0.1, 0.15) is 31.7 Å². The third-order valence-electron chi connectivity index (χ3n) is 2.52. The van der Waals surface area contributed by atoms with E-state index in [2.05, 4.69) is 13.0 Å². The maximum Gasteiger partial charge on any atom is 0.120 e. The van der Waals surface area contributed by atoms with Gasteiger partial charge in [-0.1, -0.05) is 25.8 Å². The molecule has 0 aliphatic heterocycles. The Hall–Kier alpha value is -1.34. The van der Waals surface area contributed by atoms with Crippen molar-refractivity contribution < 1.29 is 8.95 Å². The van der Waals surface area contributed by atoms with Crippen LogP contribution in [0, 0.1) is 11.3 Å². The molecule has 0 aliphatic carbocycles. The Kier molecular flexibility index (Phi) is 7.12. The number of unbranched alkanes of at least 4 members (excludes halogenated alkanes) is 2. The van der Waals surface area contributed by atoms with E-state index >= 15 is 0 Å². The standard InChI is InChI=1S/C14H19NO2S/c1-2-3-4-9-18(16)10-8-17-14-7-5-6-13(11-14)12-15/h5-7,11H,2-4,8-10H2,1H3. The first kappa shape index (κ1) is 14.7. The second-order valence-electron chi connectivity index (χ2n) is 4.04. The molecule has 4 heteroatoms. The topological polar surface area (TPSA) is 50.1 Å². The van der Waals surface area contributed by atoms with Gasteiger partial charge in [-0.15, -0.1) is 0 Å². The van der Waals surface area contributed by atoms with Crippen LogP contribution in [0.2, 0.25) is 0 Å². The normalized spacial score (nSPS) is 11.8. The molecule has 0 spiro atoms. The molecule has 0 saturated heterocycles. The molecule has 1 atom stereocenters. The summed E-state index contributed by atoms with van der Waals surface area (Å²) in [7, 11) is -0.792. The minimum Gasteiger partial charge on any atom is -0.493 e. The van der Waals surface area contributed by atoms with Gasteiger partial charge in [0.1, 0.15) is 5.75 Å². The van der Waals surface area contributed by atoms with Crippen LogP contribution in [-0.4, -0.2) is 22.3 Å². The van der Waals surface area contributed by atoms with Crippen molar-refractivity contribution in [3.63, 3.8) is 0 Å². The zero-order valence-corrected chi connectivity index (χ0v) is 11.5. The van der Waals surface area contributed by atoms with Crippen molar-refractivity contribution in [3.8, 4) is 11.8 Å². The molecule has 0 heterocycles. The largest absolute Gasteiger partial charge is 0.493 e. The molecule has 0 amide bonds. The molecular weight excluding hydrogens is 246 g/mol. The Labute approximate surface area is 111 Å². The number of nitriles is 1. The Morgan fingerprint density at radius 3 is 2.89 bits per heavy atom. The molecule has 3 nitrogen and oxygen atoms in total. The molecule has 0 aromatic heterocycles. The fraction of sp³-hybridized carbons (Fsp3) is 0.500. The second-order valence-corrected chi connectivity index (χ2v) is 5.74. The fourth-order valence-corrected chi connectivity index (χ4v) is 2.52. The van der Waals surface area contributed by atoms with Gasteiger partial charge in [0, 0.05) is 16.6 Å². The molecule has 1 unspecified atom stereocenters. The Balaban J connectivity index is 2.24. The predicted molar refractivity (Wildman–Crippen MR) is 74.1 cm³/mol. The highest BCUT2D eigenvalue weighted by atomic mass is 32.2. The van der Waals surface area contributed by atoms with Crippen LogP contribution >= 0.6 is 0 Å². The van der Waals surface area contributed by atoms with Gasteiger partial charge in [-0.05, 0) is 24.6 Å². The van der Waals surface area contributed by atoms with Gasteiger partial charge in [-0.3, -0.25) is 4.21 Å². The Bertz CT molecular complexity index is 426. The molecule has 0 saturated carbocycles. The van der Waals surface area contributed by atoms with Gasteiger partial charge < -0.3 is 4.74 Å². The van der Waals surface area contributed by atoms with Crippen molar-refractivity contribution in [1.82, 2.24) is 0 Å². The van der Waals surface area contributed by atoms with Crippen molar-refractivity contribution in [2.45, 2.75) is 26.2 Å². The SMILES string of the molecule is CCCCCS(=O)CCOc1cccc(C#N)c1. The quantitative estimate of drug-likeness (QED) is 0.679. The molecule has 1 rings (SSSR count). The monoisotopic (exact) mass is 265 g/mol. The second kappa shape index (κ2) is 8.71. The van der Waals surface area contributed by atoms with Crippen LogP contribution in [0.15, 0.2) is 24.3 Å². The van der Waals surface area contributed by atoms with Crippen LogP contribution in [0.3, 0.4) is 0 Å². The van der Waals surface area contributed by atoms with Crippen molar-refractivity contribution in [2.75, 3.05) is 18.1 Å². The van der Waals surface area contributed by atoms with E-state index in [-0.39, 0.29) is 0 Å². The first-order valence-corrected chi connectivity index (χ1v) is 7.73. The summed E-state index contributed by atoms with van der Waals surface area (Å²) >= 11 is 0. The van der Waals surface area contributed by atoms with Gasteiger partial charge in [-0.25, -0.2) is 0 Å². The molecule has 0 radical (unpaired) electrons. The smallest absolute Gasteiger partial charge is 0.120 e. The number of nitrogens with zero attached hydrogens (tertiary/aromatic N) is 1. The Morgan fingerprint density at radius 1 is 1.33 bits per heavy atom. The van der Waals surface area contributed by atoms with E-state index in [1.54, 1.807) is 24.3 Å². The molecule has 0 fully saturated rings. The van der Waals surface area contributed by atoms with Gasteiger partial charge in [-0.2, -0.15) is 5.26 Å². The molecule has 1 aromatic carbocycles. The third kappa shape index (κ3) is 5.83. The summed E-state index contributed by atoms with van der Waals surface area (Å²) in [5.74, 6) is 1.98. The van der Waals surface area contributed by atoms with Crippen molar-refractivity contribution in [2.24, 2.45) is 0 Å². The van der Waals surface area contributed by atoms with Crippen LogP contribution in [0.25, 0.3) is 0 Å². The number of ether oxygens (including phenoxy) is 1. The Morgan fingerprint density at radius 2 is 2.17 bits per heavy atom. The first-order chi connectivity index (χ1) is 8.76. The van der Waals surface area contributed by atoms with Crippen LogP contribution in [-0.2, 0) is 10.8 Å². The summed E-state index contributed by atoms with van der Waals surface area (Å²) < 4.78 is 17.1. The highest BCUT2D eigenvalue weighted by Gasteiger charge is 2.01. The van der Waals surface area contributed by atoms with E-state index in [1.165, 1.54) is 0 Å². The van der Waals surface area contributed by atoms with E-state index < -0.39 is 10.8 Å². The van der Waals surface area contributed by atoms with Crippen LogP contribution in [0.5, 0.6) is 5.75 Å². The van der Waals surface area contributed by atoms with Gasteiger partial charge in [0.25, 0.3) is 0 Å². The predicted octanol–water partition coefficient (Wildman–Crippen LogP) is 2.88. The summed E-state index contributed by atoms with van der Waals surface area (Å²) in [4.78, 5) is 0. The molecule has 0 N–H and O–H groups in total. The maximum atomic E-state index is 11.6. The van der Waals surface area contributed by atoms with Gasteiger partial charge in [0.05, 0.1) is 24.0 Å². The zero-order valence-electron chi connectivity index (χ0n) is 10.7. The third-order valence-corrected chi connectivity index (χ3v) is 3.88. The molecule has 1 aromatic rings. The summed E-state index contributed by atoms with van der Waals surface area (Å²) in [5, 5.41) is 8.74. The zero-order chi connectivity index (χ0) is 13.2. The summed E-state index contributed by atoms with van der Waals surface area (Å²) in [6.07, 6.45) is 3.30. The van der Waals surface area contributed by atoms with E-state index in [0.717, 1.165) is 25.0 Å². The van der Waals surface area contributed by atoms with E-state index in [1.807, 2.05) is 0 Å². The average Bonchev–Trinajstić information content (AvgIpc) is 2.39. The minimum atomic E-state index is -0.792. The first-order valence-electron chi connectivity index (χ1n) is 6.24. The summed E-state index contributed by atoms with van der Waals surface area (Å²) in [6.45, 7) is 2.57. The maximum absolute atomic E-state index is 11.6. The molecular formula is C14H19NO2S. The minimum absolute atomic E-state index is 0.438. The highest BCUT2D eigenvalue weighted by molar-refractivity contribution is 7.84. The van der Waals surface area contributed by atoms with Crippen molar-refractivity contribution >= 4 is 10.8 Å². The lowest BCUT2D eigenvalue weighted by atomic mass is 10.2. The molecule has 98 valence electrons. The van der Waals surface area contributed by atoms with Crippen LogP contribution in [0.4, 0.5) is 0 Å². The molecule has 18 heavy (non-hydrogen) atoms. The fourth-order valence-electron chi connectivity index (χ4n) is 1.52.